The highest BCUT2D eigenvalue weighted by molar-refractivity contribution is 7.12. The van der Waals surface area contributed by atoms with Crippen LogP contribution in [0.4, 0.5) is 0 Å². The van der Waals surface area contributed by atoms with Crippen LogP contribution in [0.2, 0.25) is 0 Å². The van der Waals surface area contributed by atoms with Crippen molar-refractivity contribution >= 4 is 34.2 Å². The normalized spacial score (nSPS) is 11.3. The zero-order chi connectivity index (χ0) is 21.3. The van der Waals surface area contributed by atoms with E-state index in [0.29, 0.717) is 26.9 Å². The van der Waals surface area contributed by atoms with Crippen molar-refractivity contribution in [3.8, 4) is 11.6 Å². The lowest BCUT2D eigenvalue weighted by atomic mass is 10.1. The minimum Gasteiger partial charge on any atom is -0.494 e. The zero-order valence-electron chi connectivity index (χ0n) is 16.4. The predicted octanol–water partition coefficient (Wildman–Crippen LogP) is 4.14. The maximum Gasteiger partial charge on any atom is 0.281 e. The molecule has 0 bridgehead atoms. The number of benzene rings is 2. The second-order valence-corrected chi connectivity index (χ2v) is 7.82. The SMILES string of the molecule is Cc1ccc(-n2c(O)c(/C=N/NC(=O)c3cccs3)c3ccccc3c2=O)cc1C. The van der Waals surface area contributed by atoms with Crippen LogP contribution in [0.25, 0.3) is 16.5 Å². The van der Waals surface area contributed by atoms with Gasteiger partial charge in [-0.2, -0.15) is 5.10 Å². The van der Waals surface area contributed by atoms with E-state index in [1.165, 1.54) is 22.1 Å². The minimum atomic E-state index is -0.340. The molecule has 0 saturated carbocycles. The third kappa shape index (κ3) is 3.51. The Morgan fingerprint density at radius 2 is 1.83 bits per heavy atom. The third-order valence-electron chi connectivity index (χ3n) is 4.96. The Hall–Kier alpha value is -3.71. The third-order valence-corrected chi connectivity index (χ3v) is 5.83. The van der Waals surface area contributed by atoms with Crippen LogP contribution >= 0.6 is 11.3 Å². The highest BCUT2D eigenvalue weighted by Gasteiger charge is 2.16. The van der Waals surface area contributed by atoms with Gasteiger partial charge in [0.05, 0.1) is 22.3 Å². The summed E-state index contributed by atoms with van der Waals surface area (Å²) in [4.78, 5) is 25.8. The number of pyridine rings is 1. The van der Waals surface area contributed by atoms with Gasteiger partial charge in [0.25, 0.3) is 11.5 Å². The molecule has 30 heavy (non-hydrogen) atoms. The maximum absolute atomic E-state index is 13.1. The van der Waals surface area contributed by atoms with Crippen molar-refractivity contribution in [3.05, 3.63) is 91.9 Å². The first-order chi connectivity index (χ1) is 14.5. The second-order valence-electron chi connectivity index (χ2n) is 6.87. The summed E-state index contributed by atoms with van der Waals surface area (Å²) >= 11 is 1.31. The summed E-state index contributed by atoms with van der Waals surface area (Å²) in [5.74, 6) is -0.580. The summed E-state index contributed by atoms with van der Waals surface area (Å²) in [5.41, 5.74) is 5.13. The van der Waals surface area contributed by atoms with Gasteiger partial charge < -0.3 is 5.11 Å². The number of aryl methyl sites for hydroxylation is 2. The summed E-state index contributed by atoms with van der Waals surface area (Å²) in [6, 6.07) is 16.0. The van der Waals surface area contributed by atoms with Crippen molar-refractivity contribution < 1.29 is 9.90 Å². The number of hydrogen-bond donors (Lipinski definition) is 2. The molecule has 150 valence electrons. The number of aromatic hydroxyl groups is 1. The van der Waals surface area contributed by atoms with Crippen LogP contribution < -0.4 is 11.0 Å². The molecule has 4 rings (SSSR count). The van der Waals surface area contributed by atoms with E-state index in [4.69, 9.17) is 0 Å². The zero-order valence-corrected chi connectivity index (χ0v) is 17.2. The largest absolute Gasteiger partial charge is 0.494 e. The van der Waals surface area contributed by atoms with E-state index in [2.05, 4.69) is 10.5 Å². The van der Waals surface area contributed by atoms with Crippen LogP contribution in [-0.4, -0.2) is 21.8 Å². The van der Waals surface area contributed by atoms with Gasteiger partial charge in [0.1, 0.15) is 0 Å². The Bertz CT molecular complexity index is 1340. The van der Waals surface area contributed by atoms with Gasteiger partial charge in [-0.15, -0.1) is 11.3 Å². The molecule has 0 atom stereocenters. The smallest absolute Gasteiger partial charge is 0.281 e. The molecule has 2 aromatic carbocycles. The molecule has 6 nitrogen and oxygen atoms in total. The van der Waals surface area contributed by atoms with Gasteiger partial charge >= 0.3 is 0 Å². The molecular formula is C23H19N3O3S. The number of nitrogens with one attached hydrogen (secondary N) is 1. The first-order valence-electron chi connectivity index (χ1n) is 9.28. The lowest BCUT2D eigenvalue weighted by Crippen LogP contribution is -2.21. The number of amides is 1. The van der Waals surface area contributed by atoms with E-state index in [-0.39, 0.29) is 17.3 Å². The van der Waals surface area contributed by atoms with E-state index in [1.807, 2.05) is 26.0 Å². The monoisotopic (exact) mass is 417 g/mol. The lowest BCUT2D eigenvalue weighted by Gasteiger charge is -2.14. The van der Waals surface area contributed by atoms with Gasteiger partial charge in [0.15, 0.2) is 0 Å². The molecule has 7 heteroatoms. The number of carbonyl (C=O) groups excluding carboxylic acids is 1. The average molecular weight is 417 g/mol. The van der Waals surface area contributed by atoms with Gasteiger partial charge in [-0.25, -0.2) is 9.99 Å². The summed E-state index contributed by atoms with van der Waals surface area (Å²) in [5, 5.41) is 17.8. The van der Waals surface area contributed by atoms with Crippen molar-refractivity contribution in [2.45, 2.75) is 13.8 Å². The Morgan fingerprint density at radius 1 is 1.07 bits per heavy atom. The summed E-state index contributed by atoms with van der Waals surface area (Å²) in [6.07, 6.45) is 1.36. The van der Waals surface area contributed by atoms with Crippen LogP contribution in [0.5, 0.6) is 5.88 Å². The van der Waals surface area contributed by atoms with Crippen molar-refractivity contribution in [3.63, 3.8) is 0 Å². The van der Waals surface area contributed by atoms with Gasteiger partial charge in [-0.05, 0) is 54.6 Å². The van der Waals surface area contributed by atoms with Gasteiger partial charge in [0.2, 0.25) is 5.88 Å². The van der Waals surface area contributed by atoms with Crippen LogP contribution in [0, 0.1) is 13.8 Å². The highest BCUT2D eigenvalue weighted by atomic mass is 32.1. The number of hydrazone groups is 1. The van der Waals surface area contributed by atoms with E-state index in [9.17, 15) is 14.7 Å². The molecule has 2 aromatic heterocycles. The van der Waals surface area contributed by atoms with E-state index in [0.717, 1.165) is 11.1 Å². The quantitative estimate of drug-likeness (QED) is 0.387. The highest BCUT2D eigenvalue weighted by Crippen LogP contribution is 2.26. The van der Waals surface area contributed by atoms with Crippen molar-refractivity contribution in [1.29, 1.82) is 0 Å². The second kappa shape index (κ2) is 7.96. The predicted molar refractivity (Wildman–Crippen MR) is 120 cm³/mol. The fraction of sp³-hybridized carbons (Fsp3) is 0.0870. The fourth-order valence-electron chi connectivity index (χ4n) is 3.21. The van der Waals surface area contributed by atoms with Crippen molar-refractivity contribution in [1.82, 2.24) is 9.99 Å². The number of hydrogen-bond acceptors (Lipinski definition) is 5. The molecule has 0 unspecified atom stereocenters. The number of rotatable bonds is 4. The van der Waals surface area contributed by atoms with Crippen molar-refractivity contribution in [2.24, 2.45) is 5.10 Å². The van der Waals surface area contributed by atoms with E-state index >= 15 is 0 Å². The van der Waals surface area contributed by atoms with Gasteiger partial charge in [-0.1, -0.05) is 30.3 Å². The van der Waals surface area contributed by atoms with Crippen LogP contribution in [0.15, 0.2) is 69.9 Å². The molecule has 4 aromatic rings. The molecular weight excluding hydrogens is 398 g/mol. The number of aromatic nitrogens is 1. The van der Waals surface area contributed by atoms with Gasteiger partial charge in [-0.3, -0.25) is 9.59 Å². The van der Waals surface area contributed by atoms with Crippen molar-refractivity contribution in [2.75, 3.05) is 0 Å². The van der Waals surface area contributed by atoms with E-state index < -0.39 is 0 Å². The van der Waals surface area contributed by atoms with Crippen LogP contribution in [-0.2, 0) is 0 Å². The minimum absolute atomic E-state index is 0.240. The Labute approximate surface area is 176 Å². The molecule has 2 N–H and O–H groups in total. The molecule has 0 aliphatic heterocycles. The van der Waals surface area contributed by atoms with Crippen LogP contribution in [0.1, 0.15) is 26.4 Å². The molecule has 1 amide bonds. The summed E-state index contributed by atoms with van der Waals surface area (Å²) < 4.78 is 1.26. The first kappa shape index (κ1) is 19.6. The Kier molecular flexibility index (Phi) is 5.20. The standard InChI is InChI=1S/C23H19N3O3S/c1-14-9-10-16(12-15(14)2)26-22(28)18-7-4-3-6-17(18)19(23(26)29)13-24-25-21(27)20-8-5-11-30-20/h3-13,29H,1-2H3,(H,25,27)/b24-13+. The topological polar surface area (TPSA) is 83.7 Å². The average Bonchev–Trinajstić information content (AvgIpc) is 3.28. The fourth-order valence-corrected chi connectivity index (χ4v) is 3.83. The Balaban J connectivity index is 1.84. The van der Waals surface area contributed by atoms with E-state index in [1.54, 1.807) is 47.8 Å². The molecule has 0 aliphatic rings. The van der Waals surface area contributed by atoms with Gasteiger partial charge in [0, 0.05) is 10.8 Å². The number of fused-ring (bicyclic) bond motifs is 1. The molecule has 2 heterocycles. The lowest BCUT2D eigenvalue weighted by molar-refractivity contribution is 0.0959. The summed E-state index contributed by atoms with van der Waals surface area (Å²) in [7, 11) is 0. The number of carbonyl (C=O) groups is 1. The number of thiophene rings is 1. The van der Waals surface area contributed by atoms with Crippen LogP contribution in [0.3, 0.4) is 0 Å². The molecule has 0 saturated heterocycles. The maximum atomic E-state index is 13.1. The molecule has 0 aliphatic carbocycles. The number of nitrogens with zero attached hydrogens (tertiary/aromatic N) is 2. The Morgan fingerprint density at radius 3 is 2.53 bits per heavy atom. The molecule has 0 radical (unpaired) electrons. The molecule has 0 spiro atoms. The summed E-state index contributed by atoms with van der Waals surface area (Å²) in [6.45, 7) is 3.93. The molecule has 0 fully saturated rings. The first-order valence-corrected chi connectivity index (χ1v) is 10.2.